The number of carbonyl (C=O) groups excluding carboxylic acids is 1. The molecule has 0 spiro atoms. The summed E-state index contributed by atoms with van der Waals surface area (Å²) in [5, 5.41) is 1.06. The molecule has 0 aromatic rings. The third-order valence-electron chi connectivity index (χ3n) is 2.59. The molecule has 0 radical (unpaired) electrons. The molecular weight excluding hydrogens is 182 g/mol. The largest absolute Gasteiger partial charge is 0.381 e. The van der Waals surface area contributed by atoms with Gasteiger partial charge in [0.1, 0.15) is 0 Å². The number of ether oxygens (including phenoxy) is 1. The van der Waals surface area contributed by atoms with Crippen molar-refractivity contribution in [3.63, 3.8) is 0 Å². The van der Waals surface area contributed by atoms with Crippen molar-refractivity contribution < 1.29 is 9.53 Å². The van der Waals surface area contributed by atoms with E-state index in [1.54, 1.807) is 0 Å². The third-order valence-corrected chi connectivity index (χ3v) is 2.59. The predicted molar refractivity (Wildman–Crippen MR) is 53.1 cm³/mol. The van der Waals surface area contributed by atoms with Crippen molar-refractivity contribution in [2.75, 3.05) is 20.3 Å². The zero-order chi connectivity index (χ0) is 10.6. The number of hydrazine groups is 1. The van der Waals surface area contributed by atoms with Gasteiger partial charge in [-0.25, -0.2) is 5.84 Å². The average Bonchev–Trinajstić information content (AvgIpc) is 2.18. The fourth-order valence-corrected chi connectivity index (χ4v) is 1.70. The standard InChI is InChI=1S/C9H19N3O2/c1-12(11)9(13)8(10)6-7-2-4-14-5-3-7/h7-8H,2-6,10-11H2,1H3. The van der Waals surface area contributed by atoms with Crippen LogP contribution in [0.1, 0.15) is 19.3 Å². The zero-order valence-electron chi connectivity index (χ0n) is 8.61. The Labute approximate surface area is 84.3 Å². The molecule has 0 aromatic heterocycles. The number of hydrogen-bond donors (Lipinski definition) is 2. The second kappa shape index (κ2) is 5.29. The summed E-state index contributed by atoms with van der Waals surface area (Å²) >= 11 is 0. The van der Waals surface area contributed by atoms with Crippen molar-refractivity contribution in [2.24, 2.45) is 17.5 Å². The normalized spacial score (nSPS) is 20.5. The van der Waals surface area contributed by atoms with Crippen LogP contribution in [-0.4, -0.2) is 37.2 Å². The van der Waals surface area contributed by atoms with Crippen LogP contribution in [0.2, 0.25) is 0 Å². The highest BCUT2D eigenvalue weighted by atomic mass is 16.5. The quantitative estimate of drug-likeness (QED) is 0.365. The number of rotatable bonds is 3. The van der Waals surface area contributed by atoms with Gasteiger partial charge in [0.2, 0.25) is 0 Å². The van der Waals surface area contributed by atoms with Crippen LogP contribution >= 0.6 is 0 Å². The molecule has 0 aromatic carbocycles. The molecule has 1 aliphatic heterocycles. The number of nitrogens with zero attached hydrogens (tertiary/aromatic N) is 1. The van der Waals surface area contributed by atoms with Crippen LogP contribution < -0.4 is 11.6 Å². The van der Waals surface area contributed by atoms with Crippen LogP contribution in [0.3, 0.4) is 0 Å². The highest BCUT2D eigenvalue weighted by molar-refractivity contribution is 5.80. The molecule has 5 nitrogen and oxygen atoms in total. The lowest BCUT2D eigenvalue weighted by Crippen LogP contribution is -2.46. The van der Waals surface area contributed by atoms with Crippen molar-refractivity contribution in [1.29, 1.82) is 0 Å². The van der Waals surface area contributed by atoms with Gasteiger partial charge in [-0.05, 0) is 25.2 Å². The van der Waals surface area contributed by atoms with Crippen LogP contribution in [0.25, 0.3) is 0 Å². The Morgan fingerprint density at radius 1 is 1.57 bits per heavy atom. The van der Waals surface area contributed by atoms with Crippen molar-refractivity contribution in [3.05, 3.63) is 0 Å². The Kier molecular flexibility index (Phi) is 4.31. The minimum absolute atomic E-state index is 0.198. The van der Waals surface area contributed by atoms with E-state index in [0.717, 1.165) is 31.1 Å². The Balaban J connectivity index is 2.31. The van der Waals surface area contributed by atoms with Crippen molar-refractivity contribution in [2.45, 2.75) is 25.3 Å². The SMILES string of the molecule is CN(N)C(=O)C(N)CC1CCOCC1. The second-order valence-electron chi connectivity index (χ2n) is 3.85. The Hall–Kier alpha value is -0.650. The van der Waals surface area contributed by atoms with E-state index < -0.39 is 6.04 Å². The first kappa shape index (κ1) is 11.4. The van der Waals surface area contributed by atoms with E-state index in [4.69, 9.17) is 16.3 Å². The maximum absolute atomic E-state index is 11.4. The Bertz CT molecular complexity index is 190. The lowest BCUT2D eigenvalue weighted by Gasteiger charge is -2.25. The molecule has 1 unspecified atom stereocenters. The molecule has 4 N–H and O–H groups in total. The fourth-order valence-electron chi connectivity index (χ4n) is 1.70. The first-order valence-electron chi connectivity index (χ1n) is 4.97. The van der Waals surface area contributed by atoms with E-state index in [1.165, 1.54) is 7.05 Å². The molecule has 0 saturated carbocycles. The first-order chi connectivity index (χ1) is 6.61. The summed E-state index contributed by atoms with van der Waals surface area (Å²) in [5.41, 5.74) is 5.74. The summed E-state index contributed by atoms with van der Waals surface area (Å²) in [5.74, 6) is 5.63. The summed E-state index contributed by atoms with van der Waals surface area (Å²) < 4.78 is 5.23. The molecular formula is C9H19N3O2. The van der Waals surface area contributed by atoms with E-state index >= 15 is 0 Å². The van der Waals surface area contributed by atoms with Gasteiger partial charge in [0.25, 0.3) is 5.91 Å². The molecule has 1 atom stereocenters. The van der Waals surface area contributed by atoms with E-state index in [0.29, 0.717) is 12.3 Å². The maximum atomic E-state index is 11.4. The summed E-state index contributed by atoms with van der Waals surface area (Å²) in [4.78, 5) is 11.4. The molecule has 1 saturated heterocycles. The van der Waals surface area contributed by atoms with Gasteiger partial charge >= 0.3 is 0 Å². The molecule has 1 aliphatic rings. The minimum atomic E-state index is -0.465. The van der Waals surface area contributed by atoms with Gasteiger partial charge < -0.3 is 10.5 Å². The number of likely N-dealkylation sites (N-methyl/N-ethyl adjacent to an activating group) is 1. The van der Waals surface area contributed by atoms with Gasteiger partial charge in [-0.3, -0.25) is 9.80 Å². The number of carbonyl (C=O) groups is 1. The van der Waals surface area contributed by atoms with Gasteiger partial charge in [-0.1, -0.05) is 0 Å². The Morgan fingerprint density at radius 3 is 2.64 bits per heavy atom. The second-order valence-corrected chi connectivity index (χ2v) is 3.85. The molecule has 5 heteroatoms. The van der Waals surface area contributed by atoms with Crippen molar-refractivity contribution >= 4 is 5.91 Å². The Morgan fingerprint density at radius 2 is 2.14 bits per heavy atom. The van der Waals surface area contributed by atoms with Gasteiger partial charge in [-0.2, -0.15) is 0 Å². The van der Waals surface area contributed by atoms with Gasteiger partial charge in [0, 0.05) is 20.3 Å². The van der Waals surface area contributed by atoms with E-state index in [1.807, 2.05) is 0 Å². The van der Waals surface area contributed by atoms with E-state index in [2.05, 4.69) is 0 Å². The molecule has 1 amide bonds. The fraction of sp³-hybridized carbons (Fsp3) is 0.889. The molecule has 1 fully saturated rings. The molecule has 82 valence electrons. The molecule has 14 heavy (non-hydrogen) atoms. The maximum Gasteiger partial charge on any atom is 0.253 e. The van der Waals surface area contributed by atoms with Gasteiger partial charge in [0.15, 0.2) is 0 Å². The zero-order valence-corrected chi connectivity index (χ0v) is 8.61. The van der Waals surface area contributed by atoms with Gasteiger partial charge in [0.05, 0.1) is 6.04 Å². The van der Waals surface area contributed by atoms with Crippen LogP contribution in [0.5, 0.6) is 0 Å². The first-order valence-corrected chi connectivity index (χ1v) is 4.97. The topological polar surface area (TPSA) is 81.6 Å². The molecule has 1 rings (SSSR count). The van der Waals surface area contributed by atoms with E-state index in [-0.39, 0.29) is 5.91 Å². The van der Waals surface area contributed by atoms with Crippen molar-refractivity contribution in [1.82, 2.24) is 5.01 Å². The lowest BCUT2D eigenvalue weighted by atomic mass is 9.92. The average molecular weight is 201 g/mol. The summed E-state index contributed by atoms with van der Waals surface area (Å²) in [6.07, 6.45) is 2.70. The number of hydrogen-bond acceptors (Lipinski definition) is 4. The number of nitrogens with two attached hydrogens (primary N) is 2. The summed E-state index contributed by atoms with van der Waals surface area (Å²) in [6.45, 7) is 1.56. The monoisotopic (exact) mass is 201 g/mol. The van der Waals surface area contributed by atoms with Crippen molar-refractivity contribution in [3.8, 4) is 0 Å². The summed E-state index contributed by atoms with van der Waals surface area (Å²) in [7, 11) is 1.52. The molecule has 0 aliphatic carbocycles. The highest BCUT2D eigenvalue weighted by Gasteiger charge is 2.22. The minimum Gasteiger partial charge on any atom is -0.381 e. The smallest absolute Gasteiger partial charge is 0.253 e. The molecule has 0 bridgehead atoms. The van der Waals surface area contributed by atoms with Crippen LogP contribution in [0.4, 0.5) is 0 Å². The van der Waals surface area contributed by atoms with Crippen LogP contribution in [0, 0.1) is 5.92 Å². The lowest BCUT2D eigenvalue weighted by molar-refractivity contribution is -0.132. The highest BCUT2D eigenvalue weighted by Crippen LogP contribution is 2.19. The number of amides is 1. The van der Waals surface area contributed by atoms with Gasteiger partial charge in [-0.15, -0.1) is 0 Å². The predicted octanol–water partition coefficient (Wildman–Crippen LogP) is -0.538. The summed E-state index contributed by atoms with van der Waals surface area (Å²) in [6, 6.07) is -0.465. The van der Waals surface area contributed by atoms with E-state index in [9.17, 15) is 4.79 Å². The molecule has 1 heterocycles. The van der Waals surface area contributed by atoms with Crippen LogP contribution in [-0.2, 0) is 9.53 Å². The third kappa shape index (κ3) is 3.25. The van der Waals surface area contributed by atoms with Crippen LogP contribution in [0.15, 0.2) is 0 Å².